The average molecular weight is 316 g/mol. The van der Waals surface area contributed by atoms with Crippen LogP contribution in [0.1, 0.15) is 38.5 Å². The summed E-state index contributed by atoms with van der Waals surface area (Å²) >= 11 is 0. The lowest BCUT2D eigenvalue weighted by Gasteiger charge is -2.06. The Morgan fingerprint density at radius 2 is 1.05 bits per heavy atom. The van der Waals surface area contributed by atoms with Crippen LogP contribution in [0.15, 0.2) is 0 Å². The van der Waals surface area contributed by atoms with E-state index in [0.29, 0.717) is 25.9 Å². The first-order valence-electron chi connectivity index (χ1n) is 7.16. The molecule has 0 aromatic rings. The van der Waals surface area contributed by atoms with Gasteiger partial charge in [0.15, 0.2) is 0 Å². The number of nitrogens with one attached hydrogen (secondary N) is 2. The van der Waals surface area contributed by atoms with Crippen molar-refractivity contribution in [1.82, 2.24) is 10.6 Å². The Labute approximate surface area is 129 Å². The highest BCUT2D eigenvalue weighted by Crippen LogP contribution is 1.94. The largest absolute Gasteiger partial charge is 0.469 e. The van der Waals surface area contributed by atoms with Crippen molar-refractivity contribution in [3.8, 4) is 0 Å². The molecule has 0 aliphatic heterocycles. The van der Waals surface area contributed by atoms with E-state index in [9.17, 15) is 19.2 Å². The molecule has 0 saturated heterocycles. The molecular weight excluding hydrogens is 292 g/mol. The first-order chi connectivity index (χ1) is 10.5. The second kappa shape index (κ2) is 12.6. The molecule has 0 fully saturated rings. The number of carbonyl (C=O) groups excluding carboxylic acids is 4. The van der Waals surface area contributed by atoms with Gasteiger partial charge in [0.1, 0.15) is 0 Å². The van der Waals surface area contributed by atoms with Crippen LogP contribution in [0.25, 0.3) is 0 Å². The minimum atomic E-state index is -0.412. The predicted octanol–water partition coefficient (Wildman–Crippen LogP) is -0.0946. The van der Waals surface area contributed by atoms with E-state index in [1.54, 1.807) is 0 Å². The first kappa shape index (κ1) is 19.9. The van der Waals surface area contributed by atoms with Crippen LogP contribution in [0.2, 0.25) is 0 Å². The Balaban J connectivity index is 3.46. The zero-order valence-corrected chi connectivity index (χ0v) is 13.1. The second-order valence-electron chi connectivity index (χ2n) is 4.56. The Hall–Kier alpha value is -2.12. The summed E-state index contributed by atoms with van der Waals surface area (Å²) in [5, 5.41) is 5.35. The Morgan fingerprint density at radius 1 is 0.682 bits per heavy atom. The van der Waals surface area contributed by atoms with Gasteiger partial charge in [0.25, 0.3) is 0 Å². The average Bonchev–Trinajstić information content (AvgIpc) is 2.53. The van der Waals surface area contributed by atoms with E-state index in [-0.39, 0.29) is 37.5 Å². The monoisotopic (exact) mass is 316 g/mol. The van der Waals surface area contributed by atoms with Crippen LogP contribution in [0.3, 0.4) is 0 Å². The maximum Gasteiger partial charge on any atom is 0.306 e. The molecule has 8 nitrogen and oxygen atoms in total. The molecule has 0 heterocycles. The predicted molar refractivity (Wildman–Crippen MR) is 77.8 cm³/mol. The van der Waals surface area contributed by atoms with E-state index in [0.717, 1.165) is 0 Å². The highest BCUT2D eigenvalue weighted by Gasteiger charge is 2.07. The Morgan fingerprint density at radius 3 is 1.36 bits per heavy atom. The SMILES string of the molecule is COC(=O)CCC(=O)NCCCCNC(=O)CCC(=O)OC. The number of ether oxygens (including phenoxy) is 2. The molecule has 0 aliphatic carbocycles. The van der Waals surface area contributed by atoms with Crippen molar-refractivity contribution in [2.24, 2.45) is 0 Å². The number of amides is 2. The Kier molecular flexibility index (Phi) is 11.4. The van der Waals surface area contributed by atoms with Gasteiger partial charge in [0.2, 0.25) is 11.8 Å². The van der Waals surface area contributed by atoms with Crippen molar-refractivity contribution in [2.75, 3.05) is 27.3 Å². The fourth-order valence-corrected chi connectivity index (χ4v) is 1.52. The minimum absolute atomic E-state index is 0.0680. The van der Waals surface area contributed by atoms with Crippen molar-refractivity contribution < 1.29 is 28.7 Å². The smallest absolute Gasteiger partial charge is 0.306 e. The number of hydrogen-bond donors (Lipinski definition) is 2. The molecule has 0 spiro atoms. The maximum absolute atomic E-state index is 11.3. The Bertz CT molecular complexity index is 348. The van der Waals surface area contributed by atoms with Crippen molar-refractivity contribution in [3.05, 3.63) is 0 Å². The fourth-order valence-electron chi connectivity index (χ4n) is 1.52. The molecule has 0 radical (unpaired) electrons. The molecule has 2 amide bonds. The summed E-state index contributed by atoms with van der Waals surface area (Å²) in [7, 11) is 2.55. The van der Waals surface area contributed by atoms with Gasteiger partial charge >= 0.3 is 11.9 Å². The minimum Gasteiger partial charge on any atom is -0.469 e. The van der Waals surface area contributed by atoms with Gasteiger partial charge in [0.05, 0.1) is 27.1 Å². The van der Waals surface area contributed by atoms with Crippen LogP contribution in [-0.4, -0.2) is 51.1 Å². The van der Waals surface area contributed by atoms with Gasteiger partial charge in [-0.05, 0) is 12.8 Å². The van der Waals surface area contributed by atoms with Gasteiger partial charge in [0, 0.05) is 25.9 Å². The van der Waals surface area contributed by atoms with Crippen LogP contribution in [-0.2, 0) is 28.7 Å². The van der Waals surface area contributed by atoms with E-state index >= 15 is 0 Å². The molecule has 22 heavy (non-hydrogen) atoms. The quantitative estimate of drug-likeness (QED) is 0.407. The molecule has 0 aliphatic rings. The molecule has 0 aromatic carbocycles. The van der Waals surface area contributed by atoms with E-state index in [1.807, 2.05) is 0 Å². The van der Waals surface area contributed by atoms with Gasteiger partial charge in [-0.1, -0.05) is 0 Å². The molecule has 8 heteroatoms. The van der Waals surface area contributed by atoms with Crippen molar-refractivity contribution in [1.29, 1.82) is 0 Å². The lowest BCUT2D eigenvalue weighted by atomic mass is 10.2. The summed E-state index contributed by atoms with van der Waals surface area (Å²) in [6, 6.07) is 0. The molecule has 0 aromatic heterocycles. The fraction of sp³-hybridized carbons (Fsp3) is 0.714. The summed E-state index contributed by atoms with van der Waals surface area (Å²) < 4.78 is 8.87. The summed E-state index contributed by atoms with van der Waals surface area (Å²) in [6.45, 7) is 0.968. The molecule has 2 N–H and O–H groups in total. The van der Waals surface area contributed by atoms with Crippen molar-refractivity contribution in [3.63, 3.8) is 0 Å². The molecule has 0 saturated carbocycles. The normalized spacial score (nSPS) is 9.73. The van der Waals surface area contributed by atoms with Crippen molar-refractivity contribution >= 4 is 23.8 Å². The molecule has 0 bridgehead atoms. The third-order valence-electron chi connectivity index (χ3n) is 2.82. The summed E-state index contributed by atoms with van der Waals surface area (Å²) in [6.07, 6.45) is 1.77. The number of esters is 2. The second-order valence-corrected chi connectivity index (χ2v) is 4.56. The molecule has 0 rings (SSSR count). The summed E-state index contributed by atoms with van der Waals surface area (Å²) in [4.78, 5) is 44.4. The number of rotatable bonds is 11. The van der Waals surface area contributed by atoms with Crippen LogP contribution < -0.4 is 10.6 Å². The zero-order chi connectivity index (χ0) is 16.8. The summed E-state index contributed by atoms with van der Waals surface area (Å²) in [5.74, 6) is -1.23. The van der Waals surface area contributed by atoms with Gasteiger partial charge in [-0.2, -0.15) is 0 Å². The van der Waals surface area contributed by atoms with E-state index in [2.05, 4.69) is 20.1 Å². The lowest BCUT2D eigenvalue weighted by Crippen LogP contribution is -2.27. The molecule has 0 unspecified atom stereocenters. The molecular formula is C14H24N2O6. The van der Waals surface area contributed by atoms with Gasteiger partial charge in [-0.3, -0.25) is 19.2 Å². The third-order valence-corrected chi connectivity index (χ3v) is 2.82. The van der Waals surface area contributed by atoms with E-state index in [4.69, 9.17) is 0 Å². The highest BCUT2D eigenvalue weighted by atomic mass is 16.5. The molecule has 126 valence electrons. The standard InChI is InChI=1S/C14H24N2O6/c1-21-13(19)7-5-11(17)15-9-3-4-10-16-12(18)6-8-14(20)22-2/h3-10H2,1-2H3,(H,15,17)(H,16,18). The van der Waals surface area contributed by atoms with E-state index in [1.165, 1.54) is 14.2 Å². The number of hydrogen-bond acceptors (Lipinski definition) is 6. The zero-order valence-electron chi connectivity index (χ0n) is 13.1. The topological polar surface area (TPSA) is 111 Å². The van der Waals surface area contributed by atoms with Crippen LogP contribution in [0.4, 0.5) is 0 Å². The van der Waals surface area contributed by atoms with Gasteiger partial charge in [-0.25, -0.2) is 0 Å². The lowest BCUT2D eigenvalue weighted by molar-refractivity contribution is -0.142. The third kappa shape index (κ3) is 11.7. The van der Waals surface area contributed by atoms with Crippen molar-refractivity contribution in [2.45, 2.75) is 38.5 Å². The van der Waals surface area contributed by atoms with Gasteiger partial charge in [-0.15, -0.1) is 0 Å². The molecule has 0 atom stereocenters. The first-order valence-corrected chi connectivity index (χ1v) is 7.16. The number of carbonyl (C=O) groups is 4. The highest BCUT2D eigenvalue weighted by molar-refractivity contribution is 5.81. The number of unbranched alkanes of at least 4 members (excludes halogenated alkanes) is 1. The van der Waals surface area contributed by atoms with Crippen LogP contribution in [0, 0.1) is 0 Å². The maximum atomic E-state index is 11.3. The number of methoxy groups -OCH3 is 2. The van der Waals surface area contributed by atoms with Gasteiger partial charge < -0.3 is 20.1 Å². The van der Waals surface area contributed by atoms with Crippen LogP contribution >= 0.6 is 0 Å². The summed E-state index contributed by atoms with van der Waals surface area (Å²) in [5.41, 5.74) is 0. The van der Waals surface area contributed by atoms with Crippen LogP contribution in [0.5, 0.6) is 0 Å². The van der Waals surface area contributed by atoms with E-state index < -0.39 is 11.9 Å².